The van der Waals surface area contributed by atoms with Crippen LogP contribution in [0.5, 0.6) is 0 Å². The second-order valence-corrected chi connectivity index (χ2v) is 5.54. The van der Waals surface area contributed by atoms with E-state index in [9.17, 15) is 5.11 Å². The molecule has 0 aliphatic heterocycles. The molecular formula is C15H23NO. The first-order valence-electron chi connectivity index (χ1n) is 6.61. The molecule has 0 spiro atoms. The maximum Gasteiger partial charge on any atom is 0.0992 e. The summed E-state index contributed by atoms with van der Waals surface area (Å²) in [5.74, 6) is 0.738. The van der Waals surface area contributed by atoms with Crippen molar-refractivity contribution >= 4 is 0 Å². The lowest BCUT2D eigenvalue weighted by molar-refractivity contribution is 0.0526. The van der Waals surface area contributed by atoms with Crippen molar-refractivity contribution in [2.24, 2.45) is 5.92 Å². The summed E-state index contributed by atoms with van der Waals surface area (Å²) in [6.45, 7) is 4.81. The molecule has 1 saturated carbocycles. The molecule has 0 aromatic heterocycles. The fraction of sp³-hybridized carbons (Fsp3) is 0.600. The Hall–Kier alpha value is -0.860. The van der Waals surface area contributed by atoms with Crippen LogP contribution in [0.3, 0.4) is 0 Å². The van der Waals surface area contributed by atoms with Crippen LogP contribution in [0.4, 0.5) is 0 Å². The van der Waals surface area contributed by atoms with Gasteiger partial charge in [0, 0.05) is 12.6 Å². The molecule has 0 amide bonds. The van der Waals surface area contributed by atoms with Crippen LogP contribution < -0.4 is 5.32 Å². The van der Waals surface area contributed by atoms with E-state index in [1.807, 2.05) is 37.3 Å². The third-order valence-corrected chi connectivity index (χ3v) is 3.97. The van der Waals surface area contributed by atoms with E-state index < -0.39 is 5.60 Å². The van der Waals surface area contributed by atoms with Crippen molar-refractivity contribution in [3.63, 3.8) is 0 Å². The number of rotatable bonds is 4. The zero-order valence-corrected chi connectivity index (χ0v) is 10.8. The topological polar surface area (TPSA) is 32.3 Å². The number of hydrogen-bond acceptors (Lipinski definition) is 2. The van der Waals surface area contributed by atoms with E-state index in [2.05, 4.69) is 12.2 Å². The predicted molar refractivity (Wildman–Crippen MR) is 70.8 cm³/mol. The normalized spacial score (nSPS) is 27.9. The Labute approximate surface area is 104 Å². The third kappa shape index (κ3) is 3.08. The van der Waals surface area contributed by atoms with Crippen LogP contribution in [0.2, 0.25) is 0 Å². The summed E-state index contributed by atoms with van der Waals surface area (Å²) in [4.78, 5) is 0. The molecule has 0 radical (unpaired) electrons. The highest BCUT2D eigenvalue weighted by Gasteiger charge is 2.27. The van der Waals surface area contributed by atoms with Crippen LogP contribution in [0.25, 0.3) is 0 Å². The van der Waals surface area contributed by atoms with E-state index in [1.165, 1.54) is 19.3 Å². The van der Waals surface area contributed by atoms with Crippen LogP contribution in [0.1, 0.15) is 38.7 Å². The molecule has 2 N–H and O–H groups in total. The number of hydrogen-bond donors (Lipinski definition) is 2. The summed E-state index contributed by atoms with van der Waals surface area (Å²) >= 11 is 0. The van der Waals surface area contributed by atoms with Gasteiger partial charge in [-0.05, 0) is 31.2 Å². The highest BCUT2D eigenvalue weighted by atomic mass is 16.3. The van der Waals surface area contributed by atoms with Gasteiger partial charge in [0.15, 0.2) is 0 Å². The molecule has 0 bridgehead atoms. The second kappa shape index (κ2) is 5.19. The van der Waals surface area contributed by atoms with Gasteiger partial charge < -0.3 is 10.4 Å². The van der Waals surface area contributed by atoms with Gasteiger partial charge in [0.05, 0.1) is 5.60 Å². The Morgan fingerprint density at radius 2 is 2.00 bits per heavy atom. The zero-order valence-electron chi connectivity index (χ0n) is 10.8. The van der Waals surface area contributed by atoms with Gasteiger partial charge in [0.25, 0.3) is 0 Å². The van der Waals surface area contributed by atoms with Crippen molar-refractivity contribution in [1.82, 2.24) is 5.32 Å². The van der Waals surface area contributed by atoms with Crippen molar-refractivity contribution in [2.45, 2.75) is 44.8 Å². The molecular weight excluding hydrogens is 210 g/mol. The van der Waals surface area contributed by atoms with E-state index in [-0.39, 0.29) is 0 Å². The smallest absolute Gasteiger partial charge is 0.0992 e. The molecule has 2 nitrogen and oxygen atoms in total. The van der Waals surface area contributed by atoms with E-state index in [0.717, 1.165) is 11.5 Å². The fourth-order valence-electron chi connectivity index (χ4n) is 2.68. The third-order valence-electron chi connectivity index (χ3n) is 3.97. The van der Waals surface area contributed by atoms with Gasteiger partial charge in [-0.25, -0.2) is 0 Å². The molecule has 1 aromatic carbocycles. The summed E-state index contributed by atoms with van der Waals surface area (Å²) in [5.41, 5.74) is 0.210. The maximum atomic E-state index is 10.5. The average molecular weight is 233 g/mol. The van der Waals surface area contributed by atoms with Gasteiger partial charge in [0.1, 0.15) is 0 Å². The van der Waals surface area contributed by atoms with Crippen LogP contribution in [-0.2, 0) is 5.60 Å². The minimum Gasteiger partial charge on any atom is -0.384 e. The van der Waals surface area contributed by atoms with Crippen molar-refractivity contribution in [3.8, 4) is 0 Å². The van der Waals surface area contributed by atoms with Crippen molar-refractivity contribution in [2.75, 3.05) is 6.54 Å². The lowest BCUT2D eigenvalue weighted by atomic mass is 9.95. The maximum absolute atomic E-state index is 10.5. The van der Waals surface area contributed by atoms with Crippen LogP contribution in [-0.4, -0.2) is 17.7 Å². The Balaban J connectivity index is 1.93. The molecule has 3 atom stereocenters. The highest BCUT2D eigenvalue weighted by molar-refractivity contribution is 5.21. The van der Waals surface area contributed by atoms with Crippen LogP contribution in [0, 0.1) is 5.92 Å². The summed E-state index contributed by atoms with van der Waals surface area (Å²) in [6.07, 6.45) is 3.86. The van der Waals surface area contributed by atoms with E-state index in [4.69, 9.17) is 0 Å². The summed E-state index contributed by atoms with van der Waals surface area (Å²) in [5, 5.41) is 14.0. The van der Waals surface area contributed by atoms with Crippen molar-refractivity contribution in [1.29, 1.82) is 0 Å². The van der Waals surface area contributed by atoms with Crippen LogP contribution in [0.15, 0.2) is 30.3 Å². The summed E-state index contributed by atoms with van der Waals surface area (Å²) in [7, 11) is 0. The number of aliphatic hydroxyl groups is 1. The fourth-order valence-corrected chi connectivity index (χ4v) is 2.68. The van der Waals surface area contributed by atoms with E-state index in [0.29, 0.717) is 12.6 Å². The molecule has 1 fully saturated rings. The standard InChI is InChI=1S/C15H23NO/c1-12-7-6-10-14(12)16-11-15(2,17)13-8-4-3-5-9-13/h3-5,8-9,12,14,16-17H,6-7,10-11H2,1-2H3. The van der Waals surface area contributed by atoms with Gasteiger partial charge in [-0.2, -0.15) is 0 Å². The van der Waals surface area contributed by atoms with Gasteiger partial charge in [0.2, 0.25) is 0 Å². The Kier molecular flexibility index (Phi) is 3.85. The molecule has 0 heterocycles. The molecule has 1 aliphatic carbocycles. The molecule has 94 valence electrons. The van der Waals surface area contributed by atoms with Gasteiger partial charge >= 0.3 is 0 Å². The molecule has 17 heavy (non-hydrogen) atoms. The molecule has 1 aliphatic rings. The molecule has 2 rings (SSSR count). The minimum absolute atomic E-state index is 0.574. The second-order valence-electron chi connectivity index (χ2n) is 5.54. The first kappa shape index (κ1) is 12.6. The van der Waals surface area contributed by atoms with E-state index in [1.54, 1.807) is 0 Å². The van der Waals surface area contributed by atoms with Crippen LogP contribution >= 0.6 is 0 Å². The Bertz CT molecular complexity index is 347. The Morgan fingerprint density at radius 3 is 2.59 bits per heavy atom. The number of benzene rings is 1. The highest BCUT2D eigenvalue weighted by Crippen LogP contribution is 2.26. The van der Waals surface area contributed by atoms with Crippen molar-refractivity contribution < 1.29 is 5.11 Å². The first-order chi connectivity index (χ1) is 8.09. The first-order valence-corrected chi connectivity index (χ1v) is 6.61. The quantitative estimate of drug-likeness (QED) is 0.838. The minimum atomic E-state index is -0.774. The lowest BCUT2D eigenvalue weighted by Crippen LogP contribution is -2.41. The average Bonchev–Trinajstić information content (AvgIpc) is 2.74. The lowest BCUT2D eigenvalue weighted by Gasteiger charge is -2.27. The molecule has 2 heteroatoms. The zero-order chi connectivity index (χ0) is 12.3. The Morgan fingerprint density at radius 1 is 1.29 bits per heavy atom. The van der Waals surface area contributed by atoms with Crippen molar-refractivity contribution in [3.05, 3.63) is 35.9 Å². The SMILES string of the molecule is CC1CCCC1NCC(C)(O)c1ccccc1. The summed E-state index contributed by atoms with van der Waals surface area (Å²) in [6, 6.07) is 10.5. The number of nitrogens with one attached hydrogen (secondary N) is 1. The molecule has 0 saturated heterocycles. The predicted octanol–water partition coefficient (Wildman–Crippen LogP) is 2.67. The van der Waals surface area contributed by atoms with Gasteiger partial charge in [-0.3, -0.25) is 0 Å². The molecule has 1 aromatic rings. The van der Waals surface area contributed by atoms with E-state index >= 15 is 0 Å². The van der Waals surface area contributed by atoms with Gasteiger partial charge in [-0.15, -0.1) is 0 Å². The largest absolute Gasteiger partial charge is 0.384 e. The monoisotopic (exact) mass is 233 g/mol. The molecule has 3 unspecified atom stereocenters. The summed E-state index contributed by atoms with van der Waals surface area (Å²) < 4.78 is 0. The van der Waals surface area contributed by atoms with Gasteiger partial charge in [-0.1, -0.05) is 43.7 Å².